The summed E-state index contributed by atoms with van der Waals surface area (Å²) in [4.78, 5) is 36.9. The number of carboxylic acids is 1. The highest BCUT2D eigenvalue weighted by Gasteiger charge is 2.29. The summed E-state index contributed by atoms with van der Waals surface area (Å²) in [5.74, 6) is 0.231. The molecule has 3 N–H and O–H groups in total. The second-order valence-corrected chi connectivity index (χ2v) is 8.27. The zero-order valence-corrected chi connectivity index (χ0v) is 19.1. The van der Waals surface area contributed by atoms with E-state index < -0.39 is 24.0 Å². The predicted molar refractivity (Wildman–Crippen MR) is 132 cm³/mol. The van der Waals surface area contributed by atoms with Crippen LogP contribution >= 0.6 is 0 Å². The first-order valence-electron chi connectivity index (χ1n) is 11.1. The lowest BCUT2D eigenvalue weighted by Gasteiger charge is -2.17. The van der Waals surface area contributed by atoms with Crippen LogP contribution in [0.25, 0.3) is 11.1 Å². The van der Waals surface area contributed by atoms with Gasteiger partial charge in [-0.2, -0.15) is 0 Å². The molecule has 1 unspecified atom stereocenters. The molecule has 176 valence electrons. The molecule has 0 radical (unpaired) electrons. The number of anilines is 1. The van der Waals surface area contributed by atoms with Gasteiger partial charge in [0.25, 0.3) is 5.91 Å². The summed E-state index contributed by atoms with van der Waals surface area (Å²) in [6, 6.07) is 19.7. The van der Waals surface area contributed by atoms with Crippen LogP contribution in [-0.2, 0) is 9.53 Å². The molecule has 7 heteroatoms. The van der Waals surface area contributed by atoms with Crippen molar-refractivity contribution in [3.05, 3.63) is 89.0 Å². The lowest BCUT2D eigenvalue weighted by Crippen LogP contribution is -2.40. The van der Waals surface area contributed by atoms with Crippen LogP contribution in [0.3, 0.4) is 0 Å². The highest BCUT2D eigenvalue weighted by Crippen LogP contribution is 2.44. The van der Waals surface area contributed by atoms with Gasteiger partial charge in [-0.05, 0) is 41.3 Å². The third-order valence-electron chi connectivity index (χ3n) is 5.93. The largest absolute Gasteiger partial charge is 0.480 e. The van der Waals surface area contributed by atoms with Gasteiger partial charge in [-0.1, -0.05) is 60.2 Å². The molecule has 2 amide bonds. The number of nitrogens with one attached hydrogen (secondary N) is 2. The third-order valence-corrected chi connectivity index (χ3v) is 5.93. The first-order valence-corrected chi connectivity index (χ1v) is 11.1. The Morgan fingerprint density at radius 3 is 2.26 bits per heavy atom. The van der Waals surface area contributed by atoms with E-state index in [4.69, 9.17) is 11.2 Å². The summed E-state index contributed by atoms with van der Waals surface area (Å²) in [6.07, 6.45) is 4.32. The predicted octanol–water partition coefficient (Wildman–Crippen LogP) is 4.56. The molecule has 4 rings (SSSR count). The fourth-order valence-electron chi connectivity index (χ4n) is 4.25. The van der Waals surface area contributed by atoms with Gasteiger partial charge in [0.1, 0.15) is 12.6 Å². The summed E-state index contributed by atoms with van der Waals surface area (Å²) < 4.78 is 5.56. The van der Waals surface area contributed by atoms with Crippen molar-refractivity contribution in [3.63, 3.8) is 0 Å². The van der Waals surface area contributed by atoms with Gasteiger partial charge in [0.2, 0.25) is 0 Å². The fraction of sp³-hybridized carbons (Fsp3) is 0.179. The van der Waals surface area contributed by atoms with Crippen LogP contribution in [0.2, 0.25) is 0 Å². The maximum absolute atomic E-state index is 12.8. The maximum Gasteiger partial charge on any atom is 0.411 e. The van der Waals surface area contributed by atoms with Crippen molar-refractivity contribution in [1.29, 1.82) is 0 Å². The highest BCUT2D eigenvalue weighted by molar-refractivity contribution is 6.04. The number of aryl methyl sites for hydroxylation is 1. The second-order valence-electron chi connectivity index (χ2n) is 8.27. The molecule has 7 nitrogen and oxygen atoms in total. The number of benzene rings is 3. The fourth-order valence-corrected chi connectivity index (χ4v) is 4.25. The number of hydrogen-bond donors (Lipinski definition) is 3. The van der Waals surface area contributed by atoms with E-state index in [1.165, 1.54) is 0 Å². The van der Waals surface area contributed by atoms with Crippen LogP contribution in [0.5, 0.6) is 0 Å². The van der Waals surface area contributed by atoms with Gasteiger partial charge >= 0.3 is 12.1 Å². The van der Waals surface area contributed by atoms with Crippen LogP contribution in [0, 0.1) is 19.3 Å². The number of carboxylic acid groups (broad SMARTS) is 1. The van der Waals surface area contributed by atoms with Crippen molar-refractivity contribution in [2.45, 2.75) is 25.3 Å². The van der Waals surface area contributed by atoms with Gasteiger partial charge in [-0.3, -0.25) is 10.1 Å². The Morgan fingerprint density at radius 1 is 1.03 bits per heavy atom. The Balaban J connectivity index is 1.48. The molecule has 1 aliphatic carbocycles. The minimum atomic E-state index is -1.24. The summed E-state index contributed by atoms with van der Waals surface area (Å²) in [5, 5.41) is 14.3. The summed E-state index contributed by atoms with van der Waals surface area (Å²) >= 11 is 0. The minimum Gasteiger partial charge on any atom is -0.480 e. The zero-order valence-electron chi connectivity index (χ0n) is 19.1. The first-order chi connectivity index (χ1) is 16.9. The molecule has 0 heterocycles. The lowest BCUT2D eigenvalue weighted by atomic mass is 9.98. The Morgan fingerprint density at radius 2 is 1.66 bits per heavy atom. The van der Waals surface area contributed by atoms with Crippen molar-refractivity contribution in [2.75, 3.05) is 11.9 Å². The molecule has 0 saturated heterocycles. The quantitative estimate of drug-likeness (QED) is 0.441. The number of terminal acetylenes is 1. The SMILES string of the molecule is C#CCC(NC(=O)c1cc(C)ccc1NC(=O)OCC1c2ccccc2-c2ccccc21)C(=O)O. The smallest absolute Gasteiger partial charge is 0.411 e. The number of carbonyl (C=O) groups is 3. The van der Waals surface area contributed by atoms with Crippen LogP contribution < -0.4 is 10.6 Å². The monoisotopic (exact) mass is 468 g/mol. The van der Waals surface area contributed by atoms with Gasteiger partial charge in [-0.15, -0.1) is 12.3 Å². The maximum atomic E-state index is 12.8. The molecule has 0 aromatic heterocycles. The zero-order chi connectivity index (χ0) is 24.9. The highest BCUT2D eigenvalue weighted by atomic mass is 16.5. The Hall–Kier alpha value is -4.57. The second kappa shape index (κ2) is 10.1. The van der Waals surface area contributed by atoms with E-state index >= 15 is 0 Å². The standard InChI is InChI=1S/C28H24N2O5/c1-3-8-25(27(32)33)29-26(31)22-15-17(2)13-14-24(22)30-28(34)35-16-23-20-11-6-4-9-18(20)19-10-5-7-12-21(19)23/h1,4-7,9-15,23,25H,8,16H2,2H3,(H,29,31)(H,30,34)(H,32,33). The van der Waals surface area contributed by atoms with Crippen LogP contribution in [-0.4, -0.2) is 35.7 Å². The molecule has 1 atom stereocenters. The molecular weight excluding hydrogens is 444 g/mol. The normalized spacial score (nSPS) is 12.6. The Kier molecular flexibility index (Phi) is 6.83. The van der Waals surface area contributed by atoms with Crippen LogP contribution in [0.4, 0.5) is 10.5 Å². The number of ether oxygens (including phenoxy) is 1. The van der Waals surface area contributed by atoms with E-state index in [1.54, 1.807) is 25.1 Å². The van der Waals surface area contributed by atoms with Crippen molar-refractivity contribution < 1.29 is 24.2 Å². The number of aliphatic carboxylic acids is 1. The molecule has 0 bridgehead atoms. The van der Waals surface area contributed by atoms with Crippen molar-refractivity contribution >= 4 is 23.7 Å². The van der Waals surface area contributed by atoms with E-state index in [0.717, 1.165) is 27.8 Å². The Bertz CT molecular complexity index is 1300. The average molecular weight is 469 g/mol. The molecule has 0 saturated carbocycles. The van der Waals surface area contributed by atoms with Crippen molar-refractivity contribution in [3.8, 4) is 23.5 Å². The number of rotatable bonds is 7. The number of amides is 2. The summed E-state index contributed by atoms with van der Waals surface area (Å²) in [5.41, 5.74) is 5.49. The molecule has 0 spiro atoms. The molecule has 0 fully saturated rings. The van der Waals surface area contributed by atoms with Crippen molar-refractivity contribution in [1.82, 2.24) is 5.32 Å². The van der Waals surface area contributed by atoms with E-state index in [1.807, 2.05) is 36.4 Å². The molecule has 1 aliphatic rings. The lowest BCUT2D eigenvalue weighted by molar-refractivity contribution is -0.139. The van der Waals surface area contributed by atoms with E-state index in [9.17, 15) is 19.5 Å². The summed E-state index contributed by atoms with van der Waals surface area (Å²) in [7, 11) is 0. The van der Waals surface area contributed by atoms with Gasteiger partial charge in [0.15, 0.2) is 0 Å². The molecular formula is C28H24N2O5. The summed E-state index contributed by atoms with van der Waals surface area (Å²) in [6.45, 7) is 1.90. The number of hydrogen-bond acceptors (Lipinski definition) is 4. The Labute approximate surface area is 203 Å². The molecule has 0 aliphatic heterocycles. The molecule has 3 aromatic carbocycles. The third kappa shape index (κ3) is 5.02. The van der Waals surface area contributed by atoms with E-state index in [-0.39, 0.29) is 30.2 Å². The van der Waals surface area contributed by atoms with Gasteiger partial charge < -0.3 is 15.2 Å². The topological polar surface area (TPSA) is 105 Å². The van der Waals surface area contributed by atoms with Crippen LogP contribution in [0.15, 0.2) is 66.7 Å². The molecule has 35 heavy (non-hydrogen) atoms. The van der Waals surface area contributed by atoms with Gasteiger partial charge in [-0.25, -0.2) is 9.59 Å². The van der Waals surface area contributed by atoms with Crippen LogP contribution in [0.1, 0.15) is 39.4 Å². The van der Waals surface area contributed by atoms with E-state index in [2.05, 4.69) is 28.7 Å². The van der Waals surface area contributed by atoms with E-state index in [0.29, 0.717) is 0 Å². The molecule has 3 aromatic rings. The average Bonchev–Trinajstić information content (AvgIpc) is 3.17. The van der Waals surface area contributed by atoms with Crippen molar-refractivity contribution in [2.24, 2.45) is 0 Å². The number of carbonyl (C=O) groups excluding carboxylic acids is 2. The van der Waals surface area contributed by atoms with Gasteiger partial charge in [0.05, 0.1) is 11.3 Å². The first kappa shape index (κ1) is 23.6. The van der Waals surface area contributed by atoms with Gasteiger partial charge in [0, 0.05) is 12.3 Å². The number of fused-ring (bicyclic) bond motifs is 3. The minimum absolute atomic E-state index is 0.103.